The molecule has 0 saturated carbocycles. The minimum atomic E-state index is 0.217. The van der Waals surface area contributed by atoms with E-state index in [0.717, 1.165) is 62.1 Å². The van der Waals surface area contributed by atoms with Gasteiger partial charge < -0.3 is 9.52 Å². The zero-order chi connectivity index (χ0) is 16.9. The topological polar surface area (TPSA) is 52.7 Å². The van der Waals surface area contributed by atoms with Crippen LogP contribution in [0.25, 0.3) is 0 Å². The number of aromatic nitrogens is 1. The van der Waals surface area contributed by atoms with Crippen molar-refractivity contribution >= 4 is 0 Å². The molecule has 0 bridgehead atoms. The zero-order valence-electron chi connectivity index (χ0n) is 14.6. The van der Waals surface area contributed by atoms with E-state index in [1.54, 1.807) is 0 Å². The van der Waals surface area contributed by atoms with Crippen LogP contribution in [-0.4, -0.2) is 52.2 Å². The van der Waals surface area contributed by atoms with Gasteiger partial charge in [0.25, 0.3) is 0 Å². The average molecular weight is 329 g/mol. The summed E-state index contributed by atoms with van der Waals surface area (Å²) >= 11 is 0. The molecule has 5 heteroatoms. The summed E-state index contributed by atoms with van der Waals surface area (Å²) in [5.41, 5.74) is 2.18. The summed E-state index contributed by atoms with van der Waals surface area (Å²) in [7, 11) is 0. The van der Waals surface area contributed by atoms with Gasteiger partial charge in [-0.3, -0.25) is 14.8 Å². The molecule has 1 aliphatic heterocycles. The van der Waals surface area contributed by atoms with Crippen molar-refractivity contribution in [3.05, 3.63) is 53.2 Å². The molecule has 1 atom stereocenters. The molecule has 1 N–H and O–H groups in total. The Hall–Kier alpha value is -1.69. The van der Waals surface area contributed by atoms with Crippen molar-refractivity contribution in [2.75, 3.05) is 26.2 Å². The van der Waals surface area contributed by atoms with Gasteiger partial charge in [0.2, 0.25) is 0 Å². The predicted octanol–water partition coefficient (Wildman–Crippen LogP) is 2.36. The van der Waals surface area contributed by atoms with Crippen LogP contribution in [-0.2, 0) is 13.1 Å². The Morgan fingerprint density at radius 2 is 2.04 bits per heavy atom. The molecule has 24 heavy (non-hydrogen) atoms. The monoisotopic (exact) mass is 329 g/mol. The first kappa shape index (κ1) is 17.1. The fraction of sp³-hybridized carbons (Fsp3) is 0.526. The Morgan fingerprint density at radius 1 is 1.17 bits per heavy atom. The summed E-state index contributed by atoms with van der Waals surface area (Å²) in [4.78, 5) is 9.47. The summed E-state index contributed by atoms with van der Waals surface area (Å²) in [6, 6.07) is 10.6. The molecule has 0 radical (unpaired) electrons. The van der Waals surface area contributed by atoms with E-state index >= 15 is 0 Å². The van der Waals surface area contributed by atoms with Crippen molar-refractivity contribution in [2.24, 2.45) is 0 Å². The molecular weight excluding hydrogens is 302 g/mol. The van der Waals surface area contributed by atoms with E-state index in [2.05, 4.69) is 26.9 Å². The number of hydrogen-bond donors (Lipinski definition) is 1. The van der Waals surface area contributed by atoms with Crippen LogP contribution in [0.3, 0.4) is 0 Å². The molecule has 130 valence electrons. The van der Waals surface area contributed by atoms with Crippen molar-refractivity contribution in [3.63, 3.8) is 0 Å². The van der Waals surface area contributed by atoms with E-state index in [9.17, 15) is 5.11 Å². The van der Waals surface area contributed by atoms with Gasteiger partial charge in [-0.2, -0.15) is 0 Å². The Morgan fingerprint density at radius 3 is 2.75 bits per heavy atom. The van der Waals surface area contributed by atoms with E-state index in [0.29, 0.717) is 6.04 Å². The van der Waals surface area contributed by atoms with Crippen LogP contribution in [0.4, 0.5) is 0 Å². The summed E-state index contributed by atoms with van der Waals surface area (Å²) < 4.78 is 5.72. The summed E-state index contributed by atoms with van der Waals surface area (Å²) in [5, 5.41) is 9.44. The molecule has 1 fully saturated rings. The van der Waals surface area contributed by atoms with E-state index in [1.165, 1.54) is 0 Å². The van der Waals surface area contributed by atoms with Crippen molar-refractivity contribution < 1.29 is 9.52 Å². The maximum atomic E-state index is 9.44. The molecule has 0 aromatic carbocycles. The highest BCUT2D eigenvalue weighted by Gasteiger charge is 2.27. The third-order valence-electron chi connectivity index (χ3n) is 4.64. The van der Waals surface area contributed by atoms with Gasteiger partial charge in [0.15, 0.2) is 0 Å². The second kappa shape index (κ2) is 7.92. The van der Waals surface area contributed by atoms with E-state index in [-0.39, 0.29) is 6.61 Å². The molecule has 0 unspecified atom stereocenters. The fourth-order valence-electron chi connectivity index (χ4n) is 3.42. The lowest BCUT2D eigenvalue weighted by molar-refractivity contribution is 0.0448. The molecule has 0 aliphatic carbocycles. The largest absolute Gasteiger partial charge is 0.465 e. The number of aliphatic hydroxyl groups is 1. The fourth-order valence-corrected chi connectivity index (χ4v) is 3.42. The van der Waals surface area contributed by atoms with Crippen LogP contribution >= 0.6 is 0 Å². The lowest BCUT2D eigenvalue weighted by Crippen LogP contribution is -2.52. The Labute approximate surface area is 143 Å². The molecular formula is C19H27N3O2. The number of pyridine rings is 1. The Kier molecular flexibility index (Phi) is 5.66. The molecule has 2 aromatic rings. The number of furan rings is 1. The van der Waals surface area contributed by atoms with Gasteiger partial charge in [0.1, 0.15) is 11.5 Å². The van der Waals surface area contributed by atoms with Crippen molar-refractivity contribution in [3.8, 4) is 0 Å². The summed E-state index contributed by atoms with van der Waals surface area (Å²) in [6.45, 7) is 8.85. The number of piperazine rings is 1. The molecule has 2 aromatic heterocycles. The Balaban J connectivity index is 1.62. The van der Waals surface area contributed by atoms with Crippen molar-refractivity contribution in [1.82, 2.24) is 14.8 Å². The van der Waals surface area contributed by atoms with Gasteiger partial charge in [0, 0.05) is 44.5 Å². The zero-order valence-corrected chi connectivity index (χ0v) is 14.6. The number of aryl methyl sites for hydroxylation is 2. The highest BCUT2D eigenvalue weighted by Crippen LogP contribution is 2.19. The van der Waals surface area contributed by atoms with Gasteiger partial charge in [-0.25, -0.2) is 0 Å². The molecule has 0 spiro atoms. The van der Waals surface area contributed by atoms with Crippen LogP contribution in [0, 0.1) is 13.8 Å². The van der Waals surface area contributed by atoms with Gasteiger partial charge in [0.05, 0.1) is 12.2 Å². The summed E-state index contributed by atoms with van der Waals surface area (Å²) in [6.07, 6.45) is 0.789. The normalized spacial score (nSPS) is 19.7. The van der Waals surface area contributed by atoms with Gasteiger partial charge >= 0.3 is 0 Å². The maximum Gasteiger partial charge on any atom is 0.118 e. The van der Waals surface area contributed by atoms with Crippen LogP contribution in [0.15, 0.2) is 34.7 Å². The van der Waals surface area contributed by atoms with Crippen LogP contribution < -0.4 is 0 Å². The first-order valence-electron chi connectivity index (χ1n) is 8.69. The highest BCUT2D eigenvalue weighted by atomic mass is 16.3. The standard InChI is InChI=1S/C19H27N3O2/c1-15-4-3-5-17(20-15)12-21-9-10-22(18(13-21)8-11-23)14-19-7-6-16(2)24-19/h3-7,18,23H,8-14H2,1-2H3/t18-/m0/s1. The van der Waals surface area contributed by atoms with E-state index in [1.807, 2.05) is 32.0 Å². The van der Waals surface area contributed by atoms with E-state index < -0.39 is 0 Å². The molecule has 0 amide bonds. The minimum absolute atomic E-state index is 0.217. The lowest BCUT2D eigenvalue weighted by atomic mass is 10.1. The second-order valence-corrected chi connectivity index (χ2v) is 6.65. The van der Waals surface area contributed by atoms with Crippen molar-refractivity contribution in [1.29, 1.82) is 0 Å². The van der Waals surface area contributed by atoms with Crippen LogP contribution in [0.5, 0.6) is 0 Å². The van der Waals surface area contributed by atoms with E-state index in [4.69, 9.17) is 4.42 Å². The second-order valence-electron chi connectivity index (χ2n) is 6.65. The molecule has 1 saturated heterocycles. The lowest BCUT2D eigenvalue weighted by Gasteiger charge is -2.41. The Bertz CT molecular complexity index is 656. The first-order valence-corrected chi connectivity index (χ1v) is 8.69. The smallest absolute Gasteiger partial charge is 0.118 e. The number of rotatable bonds is 6. The number of hydrogen-bond acceptors (Lipinski definition) is 5. The van der Waals surface area contributed by atoms with Gasteiger partial charge in [-0.1, -0.05) is 6.07 Å². The predicted molar refractivity (Wildman–Crippen MR) is 93.6 cm³/mol. The maximum absolute atomic E-state index is 9.44. The number of aliphatic hydroxyl groups excluding tert-OH is 1. The first-order chi connectivity index (χ1) is 11.6. The van der Waals surface area contributed by atoms with Crippen molar-refractivity contribution in [2.45, 2.75) is 39.4 Å². The van der Waals surface area contributed by atoms with Crippen LogP contribution in [0.1, 0.15) is 29.3 Å². The molecule has 3 rings (SSSR count). The highest BCUT2D eigenvalue weighted by molar-refractivity contribution is 5.10. The van der Waals surface area contributed by atoms with Gasteiger partial charge in [-0.05, 0) is 44.5 Å². The quantitative estimate of drug-likeness (QED) is 0.882. The SMILES string of the molecule is Cc1cccc(CN2CCN(Cc3ccc(C)o3)[C@@H](CCO)C2)n1. The number of nitrogens with zero attached hydrogens (tertiary/aromatic N) is 3. The van der Waals surface area contributed by atoms with Gasteiger partial charge in [-0.15, -0.1) is 0 Å². The third-order valence-corrected chi connectivity index (χ3v) is 4.64. The third kappa shape index (κ3) is 4.44. The average Bonchev–Trinajstić information content (AvgIpc) is 2.95. The molecule has 1 aliphatic rings. The minimum Gasteiger partial charge on any atom is -0.465 e. The van der Waals surface area contributed by atoms with Crippen LogP contribution in [0.2, 0.25) is 0 Å². The summed E-state index contributed by atoms with van der Waals surface area (Å²) in [5.74, 6) is 1.96. The molecule has 5 nitrogen and oxygen atoms in total. The molecule has 3 heterocycles.